The largest absolute Gasteiger partial charge is 0.339 e. The summed E-state index contributed by atoms with van der Waals surface area (Å²) >= 11 is 7.69. The standard InChI is InChI=1S/C17H13ClFN3O2S/c18-13-7-11(19)3-4-14(13)22-9-10(6-16(22)23)17-20-15(24-21-17)8-12-2-1-5-25-12/h1-5,7,10H,6,8-9H2. The topological polar surface area (TPSA) is 59.2 Å². The molecule has 1 amide bonds. The first kappa shape index (κ1) is 16.2. The number of carbonyl (C=O) groups is 1. The highest BCUT2D eigenvalue weighted by Crippen LogP contribution is 2.34. The van der Waals surface area contributed by atoms with Gasteiger partial charge >= 0.3 is 0 Å². The van der Waals surface area contributed by atoms with Crippen molar-refractivity contribution in [1.82, 2.24) is 10.1 Å². The van der Waals surface area contributed by atoms with Gasteiger partial charge in [-0.2, -0.15) is 4.98 Å². The number of aromatic nitrogens is 2. The molecule has 128 valence electrons. The molecule has 1 atom stereocenters. The quantitative estimate of drug-likeness (QED) is 0.688. The summed E-state index contributed by atoms with van der Waals surface area (Å²) in [6.45, 7) is 0.391. The fraction of sp³-hybridized carbons (Fsp3) is 0.235. The molecule has 1 fully saturated rings. The van der Waals surface area contributed by atoms with Gasteiger partial charge in [0, 0.05) is 23.8 Å². The summed E-state index contributed by atoms with van der Waals surface area (Å²) in [4.78, 5) is 19.5. The fourth-order valence-corrected chi connectivity index (χ4v) is 3.85. The Balaban J connectivity index is 1.51. The molecule has 0 bridgehead atoms. The molecular weight excluding hydrogens is 365 g/mol. The first-order valence-corrected chi connectivity index (χ1v) is 8.96. The van der Waals surface area contributed by atoms with Gasteiger partial charge in [-0.05, 0) is 29.6 Å². The minimum absolute atomic E-state index is 0.0943. The Hall–Kier alpha value is -2.25. The Morgan fingerprint density at radius 3 is 3.04 bits per heavy atom. The van der Waals surface area contributed by atoms with Crippen LogP contribution in [0.15, 0.2) is 40.2 Å². The summed E-state index contributed by atoms with van der Waals surface area (Å²) in [5.41, 5.74) is 0.498. The number of nitrogens with zero attached hydrogens (tertiary/aromatic N) is 3. The Morgan fingerprint density at radius 1 is 1.40 bits per heavy atom. The average Bonchev–Trinajstić information content (AvgIpc) is 3.30. The minimum Gasteiger partial charge on any atom is -0.339 e. The monoisotopic (exact) mass is 377 g/mol. The zero-order valence-electron chi connectivity index (χ0n) is 13.0. The van der Waals surface area contributed by atoms with Crippen LogP contribution in [0.2, 0.25) is 5.02 Å². The van der Waals surface area contributed by atoms with Gasteiger partial charge in [-0.1, -0.05) is 22.8 Å². The third-order valence-electron chi connectivity index (χ3n) is 4.08. The third kappa shape index (κ3) is 3.29. The predicted octanol–water partition coefficient (Wildman–Crippen LogP) is 4.03. The van der Waals surface area contributed by atoms with Crippen LogP contribution in [0, 0.1) is 5.82 Å². The molecule has 0 radical (unpaired) electrons. The Kier molecular flexibility index (Phi) is 4.27. The van der Waals surface area contributed by atoms with E-state index in [1.165, 1.54) is 18.2 Å². The first-order chi connectivity index (χ1) is 12.1. The lowest BCUT2D eigenvalue weighted by Crippen LogP contribution is -2.24. The second kappa shape index (κ2) is 6.57. The second-order valence-corrected chi connectivity index (χ2v) is 7.24. The maximum Gasteiger partial charge on any atom is 0.231 e. The van der Waals surface area contributed by atoms with Crippen LogP contribution >= 0.6 is 22.9 Å². The molecular formula is C17H13ClFN3O2S. The summed E-state index contributed by atoms with van der Waals surface area (Å²) in [6, 6.07) is 7.97. The number of benzene rings is 1. The van der Waals surface area contributed by atoms with Gasteiger partial charge in [0.1, 0.15) is 5.82 Å². The number of carbonyl (C=O) groups excluding carboxylic acids is 1. The predicted molar refractivity (Wildman–Crippen MR) is 92.5 cm³/mol. The number of hydrogen-bond acceptors (Lipinski definition) is 5. The second-order valence-electron chi connectivity index (χ2n) is 5.80. The van der Waals surface area contributed by atoms with Gasteiger partial charge in [0.05, 0.1) is 17.1 Å². The van der Waals surface area contributed by atoms with Gasteiger partial charge < -0.3 is 9.42 Å². The van der Waals surface area contributed by atoms with Crippen molar-refractivity contribution in [3.63, 3.8) is 0 Å². The van der Waals surface area contributed by atoms with Gasteiger partial charge in [-0.15, -0.1) is 11.3 Å². The molecule has 3 heterocycles. The SMILES string of the molecule is O=C1CC(c2noc(Cc3cccs3)n2)CN1c1ccc(F)cc1Cl. The van der Waals surface area contributed by atoms with Crippen LogP contribution in [0.5, 0.6) is 0 Å². The molecule has 0 spiro atoms. The van der Waals surface area contributed by atoms with Gasteiger partial charge in [0.2, 0.25) is 11.8 Å². The smallest absolute Gasteiger partial charge is 0.231 e. The van der Waals surface area contributed by atoms with Crippen LogP contribution in [0.1, 0.15) is 28.9 Å². The minimum atomic E-state index is -0.437. The number of amides is 1. The molecule has 4 rings (SSSR count). The molecule has 1 saturated heterocycles. The van der Waals surface area contributed by atoms with E-state index in [0.717, 1.165) is 4.88 Å². The van der Waals surface area contributed by atoms with Crippen molar-refractivity contribution in [3.05, 3.63) is 63.1 Å². The normalized spacial score (nSPS) is 17.4. The van der Waals surface area contributed by atoms with Crippen LogP contribution in [-0.4, -0.2) is 22.6 Å². The number of thiophene rings is 1. The molecule has 1 aliphatic heterocycles. The van der Waals surface area contributed by atoms with Crippen LogP contribution in [0.25, 0.3) is 0 Å². The van der Waals surface area contributed by atoms with E-state index in [0.29, 0.717) is 30.4 Å². The lowest BCUT2D eigenvalue weighted by Gasteiger charge is -2.17. The van der Waals surface area contributed by atoms with Crippen molar-refractivity contribution in [3.8, 4) is 0 Å². The maximum atomic E-state index is 13.2. The highest BCUT2D eigenvalue weighted by Gasteiger charge is 2.35. The van der Waals surface area contributed by atoms with Gasteiger partial charge in [-0.3, -0.25) is 4.79 Å². The highest BCUT2D eigenvalue weighted by atomic mass is 35.5. The van der Waals surface area contributed by atoms with E-state index in [9.17, 15) is 9.18 Å². The number of rotatable bonds is 4. The molecule has 0 aliphatic carbocycles. The van der Waals surface area contributed by atoms with Gasteiger partial charge in [0.25, 0.3) is 0 Å². The van der Waals surface area contributed by atoms with E-state index in [-0.39, 0.29) is 23.3 Å². The zero-order chi connectivity index (χ0) is 17.4. The molecule has 1 aliphatic rings. The summed E-state index contributed by atoms with van der Waals surface area (Å²) < 4.78 is 18.5. The summed E-state index contributed by atoms with van der Waals surface area (Å²) in [7, 11) is 0. The Bertz CT molecular complexity index is 913. The molecule has 2 aromatic heterocycles. The number of anilines is 1. The first-order valence-electron chi connectivity index (χ1n) is 7.70. The molecule has 0 N–H and O–H groups in total. The molecule has 25 heavy (non-hydrogen) atoms. The number of hydrogen-bond donors (Lipinski definition) is 0. The van der Waals surface area contributed by atoms with Crippen molar-refractivity contribution >= 4 is 34.5 Å². The third-order valence-corrected chi connectivity index (χ3v) is 5.26. The van der Waals surface area contributed by atoms with Crippen LogP contribution in [-0.2, 0) is 11.2 Å². The van der Waals surface area contributed by atoms with Crippen LogP contribution < -0.4 is 4.90 Å². The summed E-state index contributed by atoms with van der Waals surface area (Å²) in [5.74, 6) is 0.342. The van der Waals surface area contributed by atoms with E-state index in [2.05, 4.69) is 10.1 Å². The van der Waals surface area contributed by atoms with Crippen molar-refractivity contribution in [2.24, 2.45) is 0 Å². The van der Waals surface area contributed by atoms with E-state index < -0.39 is 5.82 Å². The van der Waals surface area contributed by atoms with Crippen LogP contribution in [0.4, 0.5) is 10.1 Å². The van der Waals surface area contributed by atoms with Crippen molar-refractivity contribution in [2.45, 2.75) is 18.8 Å². The Labute approximate surface area is 152 Å². The van der Waals surface area contributed by atoms with E-state index in [4.69, 9.17) is 16.1 Å². The molecule has 3 aromatic rings. The maximum absolute atomic E-state index is 13.2. The molecule has 0 saturated carbocycles. The van der Waals surface area contributed by atoms with E-state index >= 15 is 0 Å². The van der Waals surface area contributed by atoms with Crippen molar-refractivity contribution in [1.29, 1.82) is 0 Å². The zero-order valence-corrected chi connectivity index (χ0v) is 14.6. The van der Waals surface area contributed by atoms with Crippen molar-refractivity contribution < 1.29 is 13.7 Å². The Morgan fingerprint density at radius 2 is 2.28 bits per heavy atom. The van der Waals surface area contributed by atoms with Crippen molar-refractivity contribution in [2.75, 3.05) is 11.4 Å². The van der Waals surface area contributed by atoms with E-state index in [1.807, 2.05) is 17.5 Å². The van der Waals surface area contributed by atoms with E-state index in [1.54, 1.807) is 16.2 Å². The van der Waals surface area contributed by atoms with Gasteiger partial charge in [-0.25, -0.2) is 4.39 Å². The molecule has 8 heteroatoms. The molecule has 1 aromatic carbocycles. The fourth-order valence-electron chi connectivity index (χ4n) is 2.88. The lowest BCUT2D eigenvalue weighted by atomic mass is 10.1. The summed E-state index contributed by atoms with van der Waals surface area (Å²) in [6.07, 6.45) is 0.852. The summed E-state index contributed by atoms with van der Waals surface area (Å²) in [5, 5.41) is 6.23. The number of halogens is 2. The molecule has 1 unspecified atom stereocenters. The highest BCUT2D eigenvalue weighted by molar-refractivity contribution is 7.09. The molecule has 5 nitrogen and oxygen atoms in total. The van der Waals surface area contributed by atoms with Gasteiger partial charge in [0.15, 0.2) is 5.82 Å². The average molecular weight is 378 g/mol. The van der Waals surface area contributed by atoms with Crippen LogP contribution in [0.3, 0.4) is 0 Å². The lowest BCUT2D eigenvalue weighted by molar-refractivity contribution is -0.117.